The molecule has 3 N–H and O–H groups in total. The maximum absolute atomic E-state index is 9.62. The quantitative estimate of drug-likeness (QED) is 0.757. The van der Waals surface area contributed by atoms with Crippen LogP contribution >= 0.6 is 11.6 Å². The highest BCUT2D eigenvalue weighted by Gasteiger charge is 2.10. The number of aryl methyl sites for hydroxylation is 1. The highest BCUT2D eigenvalue weighted by atomic mass is 35.5. The van der Waals surface area contributed by atoms with Crippen molar-refractivity contribution in [1.82, 2.24) is 4.57 Å². The molecule has 0 atom stereocenters. The summed E-state index contributed by atoms with van der Waals surface area (Å²) in [6.07, 6.45) is 0. The summed E-state index contributed by atoms with van der Waals surface area (Å²) >= 11 is 6.03. The molecule has 3 nitrogen and oxygen atoms in total. The summed E-state index contributed by atoms with van der Waals surface area (Å²) in [5, 5.41) is 11.0. The molecule has 0 saturated carbocycles. The van der Waals surface area contributed by atoms with E-state index in [9.17, 15) is 5.11 Å². The molecule has 1 aromatic carbocycles. The largest absolute Gasteiger partial charge is 0.507 e. The van der Waals surface area contributed by atoms with Gasteiger partial charge in [-0.15, -0.1) is 0 Å². The second kappa shape index (κ2) is 3.19. The third-order valence-electron chi connectivity index (χ3n) is 2.43. The SMILES string of the molecule is Cn1c(CN)cc2c(O)ccc(Cl)c21. The van der Waals surface area contributed by atoms with E-state index in [1.807, 2.05) is 17.7 Å². The molecule has 0 aliphatic carbocycles. The van der Waals surface area contributed by atoms with Gasteiger partial charge in [0.1, 0.15) is 5.75 Å². The van der Waals surface area contributed by atoms with E-state index in [1.165, 1.54) is 0 Å². The van der Waals surface area contributed by atoms with Gasteiger partial charge in [0.25, 0.3) is 0 Å². The fraction of sp³-hybridized carbons (Fsp3) is 0.200. The van der Waals surface area contributed by atoms with Crippen LogP contribution in [-0.4, -0.2) is 9.67 Å². The van der Waals surface area contributed by atoms with Crippen LogP contribution in [0.5, 0.6) is 5.75 Å². The number of phenols is 1. The van der Waals surface area contributed by atoms with Gasteiger partial charge in [0.15, 0.2) is 0 Å². The first-order valence-corrected chi connectivity index (χ1v) is 4.68. The number of rotatable bonds is 1. The van der Waals surface area contributed by atoms with Gasteiger partial charge in [0.2, 0.25) is 0 Å². The number of aromatic nitrogens is 1. The zero-order valence-corrected chi connectivity index (χ0v) is 8.54. The molecule has 0 aliphatic heterocycles. The maximum Gasteiger partial charge on any atom is 0.125 e. The van der Waals surface area contributed by atoms with E-state index in [-0.39, 0.29) is 5.75 Å². The van der Waals surface area contributed by atoms with Gasteiger partial charge >= 0.3 is 0 Å². The van der Waals surface area contributed by atoms with E-state index in [4.69, 9.17) is 17.3 Å². The molecule has 0 fully saturated rings. The Hall–Kier alpha value is -1.19. The van der Waals surface area contributed by atoms with Gasteiger partial charge in [0, 0.05) is 24.7 Å². The Kier molecular flexibility index (Phi) is 2.13. The zero-order chi connectivity index (χ0) is 10.3. The number of hydrogen-bond acceptors (Lipinski definition) is 2. The molecule has 74 valence electrons. The Morgan fingerprint density at radius 3 is 2.79 bits per heavy atom. The molecule has 0 spiro atoms. The molecule has 0 saturated heterocycles. The topological polar surface area (TPSA) is 51.2 Å². The van der Waals surface area contributed by atoms with Crippen LogP contribution in [0.2, 0.25) is 5.02 Å². The highest BCUT2D eigenvalue weighted by molar-refractivity contribution is 6.35. The Morgan fingerprint density at radius 1 is 1.50 bits per heavy atom. The fourth-order valence-corrected chi connectivity index (χ4v) is 1.95. The van der Waals surface area contributed by atoms with Crippen LogP contribution in [0.1, 0.15) is 5.69 Å². The number of phenolic OH excluding ortho intramolecular Hbond substituents is 1. The smallest absolute Gasteiger partial charge is 0.125 e. The average molecular weight is 211 g/mol. The summed E-state index contributed by atoms with van der Waals surface area (Å²) in [6.45, 7) is 0.431. The third kappa shape index (κ3) is 1.17. The normalized spacial score (nSPS) is 11.1. The van der Waals surface area contributed by atoms with Crippen molar-refractivity contribution in [3.8, 4) is 5.75 Å². The molecule has 2 aromatic rings. The van der Waals surface area contributed by atoms with Crippen LogP contribution in [-0.2, 0) is 13.6 Å². The average Bonchev–Trinajstić information content (AvgIpc) is 2.51. The van der Waals surface area contributed by atoms with E-state index in [1.54, 1.807) is 12.1 Å². The maximum atomic E-state index is 9.62. The Balaban J connectivity index is 2.90. The lowest BCUT2D eigenvalue weighted by Crippen LogP contribution is -2.02. The first-order chi connectivity index (χ1) is 6.65. The molecule has 2 rings (SSSR count). The number of fused-ring (bicyclic) bond motifs is 1. The second-order valence-corrected chi connectivity index (χ2v) is 3.63. The first-order valence-electron chi connectivity index (χ1n) is 4.31. The molecule has 0 amide bonds. The van der Waals surface area contributed by atoms with Crippen LogP contribution in [0.25, 0.3) is 10.9 Å². The predicted molar refractivity (Wildman–Crippen MR) is 57.5 cm³/mol. The number of nitrogens with zero attached hydrogens (tertiary/aromatic N) is 1. The molecule has 14 heavy (non-hydrogen) atoms. The third-order valence-corrected chi connectivity index (χ3v) is 2.74. The summed E-state index contributed by atoms with van der Waals surface area (Å²) < 4.78 is 1.90. The first kappa shape index (κ1) is 9.37. The molecule has 0 bridgehead atoms. The van der Waals surface area contributed by atoms with Gasteiger partial charge in [-0.2, -0.15) is 0 Å². The number of hydrogen-bond donors (Lipinski definition) is 2. The summed E-state index contributed by atoms with van der Waals surface area (Å²) in [5.74, 6) is 0.236. The van der Waals surface area contributed by atoms with Crippen LogP contribution in [0, 0.1) is 0 Å². The molecule has 4 heteroatoms. The zero-order valence-electron chi connectivity index (χ0n) is 7.79. The van der Waals surface area contributed by atoms with Crippen molar-refractivity contribution in [3.05, 3.63) is 28.9 Å². The van der Waals surface area contributed by atoms with Crippen molar-refractivity contribution >= 4 is 22.5 Å². The van der Waals surface area contributed by atoms with Crippen molar-refractivity contribution in [2.24, 2.45) is 12.8 Å². The lowest BCUT2D eigenvalue weighted by molar-refractivity contribution is 0.481. The van der Waals surface area contributed by atoms with Gasteiger partial charge in [-0.1, -0.05) is 11.6 Å². The molecule has 0 aliphatic rings. The number of nitrogens with two attached hydrogens (primary N) is 1. The molecule has 0 unspecified atom stereocenters. The van der Waals surface area contributed by atoms with E-state index in [0.29, 0.717) is 11.6 Å². The molecule has 1 aromatic heterocycles. The van der Waals surface area contributed by atoms with Crippen molar-refractivity contribution in [3.63, 3.8) is 0 Å². The van der Waals surface area contributed by atoms with Gasteiger partial charge < -0.3 is 15.4 Å². The summed E-state index contributed by atoms with van der Waals surface area (Å²) in [6, 6.07) is 5.13. The molecule has 1 heterocycles. The van der Waals surface area contributed by atoms with Crippen LogP contribution < -0.4 is 5.73 Å². The Labute approximate surface area is 86.7 Å². The van der Waals surface area contributed by atoms with Crippen LogP contribution in [0.3, 0.4) is 0 Å². The van der Waals surface area contributed by atoms with E-state index >= 15 is 0 Å². The summed E-state index contributed by atoms with van der Waals surface area (Å²) in [5.41, 5.74) is 7.34. The number of aromatic hydroxyl groups is 1. The van der Waals surface area contributed by atoms with Gasteiger partial charge in [0.05, 0.1) is 10.5 Å². The van der Waals surface area contributed by atoms with Crippen molar-refractivity contribution in [2.75, 3.05) is 0 Å². The summed E-state index contributed by atoms with van der Waals surface area (Å²) in [7, 11) is 1.88. The lowest BCUT2D eigenvalue weighted by Gasteiger charge is -2.02. The van der Waals surface area contributed by atoms with E-state index in [2.05, 4.69) is 0 Å². The second-order valence-electron chi connectivity index (χ2n) is 3.23. The minimum absolute atomic E-state index is 0.236. The molecule has 0 radical (unpaired) electrons. The van der Waals surface area contributed by atoms with Gasteiger partial charge in [-0.25, -0.2) is 0 Å². The van der Waals surface area contributed by atoms with Gasteiger partial charge in [-0.05, 0) is 18.2 Å². The molecular formula is C10H11ClN2O. The highest BCUT2D eigenvalue weighted by Crippen LogP contribution is 2.32. The fourth-order valence-electron chi connectivity index (χ4n) is 1.66. The lowest BCUT2D eigenvalue weighted by atomic mass is 10.2. The van der Waals surface area contributed by atoms with Crippen molar-refractivity contribution in [1.29, 1.82) is 0 Å². The van der Waals surface area contributed by atoms with Crippen LogP contribution in [0.15, 0.2) is 18.2 Å². The summed E-state index contributed by atoms with van der Waals surface area (Å²) in [4.78, 5) is 0. The minimum atomic E-state index is 0.236. The Bertz CT molecular complexity index is 490. The Morgan fingerprint density at radius 2 is 2.21 bits per heavy atom. The van der Waals surface area contributed by atoms with Crippen LogP contribution in [0.4, 0.5) is 0 Å². The minimum Gasteiger partial charge on any atom is -0.507 e. The van der Waals surface area contributed by atoms with Gasteiger partial charge in [-0.3, -0.25) is 0 Å². The standard InChI is InChI=1S/C10H11ClN2O/c1-13-6(5-12)4-7-9(14)3-2-8(11)10(7)13/h2-4,14H,5,12H2,1H3. The van der Waals surface area contributed by atoms with Crippen molar-refractivity contribution in [2.45, 2.75) is 6.54 Å². The van der Waals surface area contributed by atoms with E-state index < -0.39 is 0 Å². The van der Waals surface area contributed by atoms with E-state index in [0.717, 1.165) is 16.6 Å². The monoisotopic (exact) mass is 210 g/mol. The molecular weight excluding hydrogens is 200 g/mol. The predicted octanol–water partition coefficient (Wildman–Crippen LogP) is 2.00. The van der Waals surface area contributed by atoms with Crippen molar-refractivity contribution < 1.29 is 5.11 Å². The number of halogens is 1. The number of benzene rings is 1.